The van der Waals surface area contributed by atoms with Crippen LogP contribution in [0.5, 0.6) is 0 Å². The van der Waals surface area contributed by atoms with Crippen molar-refractivity contribution in [3.63, 3.8) is 0 Å². The molecule has 1 aromatic rings. The average Bonchev–Trinajstić information content (AvgIpc) is 2.20. The second-order valence-electron chi connectivity index (χ2n) is 2.37. The van der Waals surface area contributed by atoms with E-state index >= 15 is 0 Å². The van der Waals surface area contributed by atoms with E-state index in [0.29, 0.717) is 0 Å². The molecule has 4 heteroatoms. The highest BCUT2D eigenvalue weighted by atomic mass is 31.1. The van der Waals surface area contributed by atoms with Crippen LogP contribution in [-0.2, 0) is 13.6 Å². The highest BCUT2D eigenvalue weighted by Gasteiger charge is 1.91. The molecule has 1 aromatic carbocycles. The largest absolute Gasteiger partial charge is 0.427 e. The van der Waals surface area contributed by atoms with E-state index in [9.17, 15) is 4.57 Å². The van der Waals surface area contributed by atoms with Crippen molar-refractivity contribution < 1.29 is 13.6 Å². The smallest absolute Gasteiger partial charge is 0.417 e. The minimum absolute atomic E-state index is 0.973. The van der Waals surface area contributed by atoms with E-state index in [-0.39, 0.29) is 0 Å². The SMILES string of the molecule is C=CO[PH](=O)OC=Cc1ccccc1. The van der Waals surface area contributed by atoms with Gasteiger partial charge in [-0.2, -0.15) is 0 Å². The first-order valence-corrected chi connectivity index (χ1v) is 5.25. The number of rotatable bonds is 5. The normalized spacial score (nSPS) is 12.3. The molecule has 0 spiro atoms. The van der Waals surface area contributed by atoms with Gasteiger partial charge >= 0.3 is 8.25 Å². The van der Waals surface area contributed by atoms with Gasteiger partial charge in [-0.3, -0.25) is 0 Å². The summed E-state index contributed by atoms with van der Waals surface area (Å²) in [5.41, 5.74) is 0.973. The van der Waals surface area contributed by atoms with Gasteiger partial charge in [-0.15, -0.1) is 0 Å². The Labute approximate surface area is 83.6 Å². The fourth-order valence-corrected chi connectivity index (χ4v) is 1.20. The Morgan fingerprint density at radius 1 is 1.21 bits per heavy atom. The average molecular weight is 210 g/mol. The zero-order valence-corrected chi connectivity index (χ0v) is 8.55. The summed E-state index contributed by atoms with van der Waals surface area (Å²) >= 11 is 0. The van der Waals surface area contributed by atoms with Crippen molar-refractivity contribution in [2.24, 2.45) is 0 Å². The second kappa shape index (κ2) is 6.06. The van der Waals surface area contributed by atoms with Gasteiger partial charge in [0.15, 0.2) is 0 Å². The minimum atomic E-state index is -2.46. The fourth-order valence-electron chi connectivity index (χ4n) is 0.828. The summed E-state index contributed by atoms with van der Waals surface area (Å²) in [7, 11) is -2.46. The molecule has 0 heterocycles. The topological polar surface area (TPSA) is 35.5 Å². The Balaban J connectivity index is 2.42. The van der Waals surface area contributed by atoms with E-state index < -0.39 is 8.25 Å². The molecule has 0 saturated carbocycles. The van der Waals surface area contributed by atoms with E-state index in [1.165, 1.54) is 6.26 Å². The van der Waals surface area contributed by atoms with Gasteiger partial charge < -0.3 is 9.05 Å². The molecule has 0 aliphatic carbocycles. The molecule has 14 heavy (non-hydrogen) atoms. The Morgan fingerprint density at radius 3 is 2.57 bits per heavy atom. The van der Waals surface area contributed by atoms with Crippen LogP contribution in [0.1, 0.15) is 5.56 Å². The molecule has 1 atom stereocenters. The molecule has 0 radical (unpaired) electrons. The van der Waals surface area contributed by atoms with E-state index in [2.05, 4.69) is 11.1 Å². The minimum Gasteiger partial charge on any atom is -0.427 e. The lowest BCUT2D eigenvalue weighted by Gasteiger charge is -1.98. The Kier molecular flexibility index (Phi) is 4.59. The summed E-state index contributed by atoms with van der Waals surface area (Å²) < 4.78 is 20.1. The molecule has 0 N–H and O–H groups in total. The zero-order chi connectivity index (χ0) is 10.2. The van der Waals surface area contributed by atoms with Crippen LogP contribution in [0.15, 0.2) is 49.4 Å². The molecule has 0 aromatic heterocycles. The van der Waals surface area contributed by atoms with E-state index in [1.807, 2.05) is 30.3 Å². The maximum absolute atomic E-state index is 10.9. The lowest BCUT2D eigenvalue weighted by atomic mass is 10.2. The van der Waals surface area contributed by atoms with Crippen molar-refractivity contribution in [2.75, 3.05) is 0 Å². The van der Waals surface area contributed by atoms with Crippen LogP contribution in [0.3, 0.4) is 0 Å². The predicted molar refractivity (Wildman–Crippen MR) is 56.8 cm³/mol. The van der Waals surface area contributed by atoms with Gasteiger partial charge in [0.2, 0.25) is 0 Å². The Hall–Kier alpha value is -1.47. The van der Waals surface area contributed by atoms with Crippen LogP contribution in [0.4, 0.5) is 0 Å². The highest BCUT2D eigenvalue weighted by Crippen LogP contribution is 2.24. The monoisotopic (exact) mass is 210 g/mol. The molecule has 1 rings (SSSR count). The van der Waals surface area contributed by atoms with Gasteiger partial charge in [0, 0.05) is 0 Å². The number of hydrogen-bond acceptors (Lipinski definition) is 3. The van der Waals surface area contributed by atoms with E-state index in [1.54, 1.807) is 6.08 Å². The van der Waals surface area contributed by atoms with Gasteiger partial charge in [-0.1, -0.05) is 36.9 Å². The third kappa shape index (κ3) is 3.97. The summed E-state index contributed by atoms with van der Waals surface area (Å²) in [6, 6.07) is 9.55. The van der Waals surface area contributed by atoms with Crippen molar-refractivity contribution in [1.29, 1.82) is 0 Å². The third-order valence-electron chi connectivity index (χ3n) is 1.40. The molecule has 74 valence electrons. The van der Waals surface area contributed by atoms with Crippen molar-refractivity contribution in [2.45, 2.75) is 0 Å². The predicted octanol–water partition coefficient (Wildman–Crippen LogP) is 3.22. The first kappa shape index (κ1) is 10.6. The van der Waals surface area contributed by atoms with Crippen LogP contribution in [0, 0.1) is 0 Å². The summed E-state index contributed by atoms with van der Waals surface area (Å²) in [5, 5.41) is 0. The van der Waals surface area contributed by atoms with Gasteiger partial charge in [0.1, 0.15) is 0 Å². The number of hydrogen-bond donors (Lipinski definition) is 0. The first-order valence-electron chi connectivity index (χ1n) is 4.02. The van der Waals surface area contributed by atoms with Crippen LogP contribution < -0.4 is 0 Å². The lowest BCUT2D eigenvalue weighted by molar-refractivity contribution is 0.358. The molecule has 0 saturated heterocycles. The second-order valence-corrected chi connectivity index (χ2v) is 3.34. The van der Waals surface area contributed by atoms with Gasteiger partial charge in [0.05, 0.1) is 12.5 Å². The lowest BCUT2D eigenvalue weighted by Crippen LogP contribution is -1.71. The molecule has 0 fully saturated rings. The van der Waals surface area contributed by atoms with Crippen molar-refractivity contribution in [1.82, 2.24) is 0 Å². The molecular weight excluding hydrogens is 199 g/mol. The van der Waals surface area contributed by atoms with Crippen LogP contribution in [-0.4, -0.2) is 0 Å². The van der Waals surface area contributed by atoms with Crippen LogP contribution in [0.2, 0.25) is 0 Å². The molecule has 0 aliphatic rings. The number of benzene rings is 1. The molecule has 0 amide bonds. The van der Waals surface area contributed by atoms with Crippen molar-refractivity contribution in [3.05, 3.63) is 55.0 Å². The molecule has 3 nitrogen and oxygen atoms in total. The van der Waals surface area contributed by atoms with Crippen molar-refractivity contribution in [3.8, 4) is 0 Å². The maximum atomic E-state index is 10.9. The first-order chi connectivity index (χ1) is 6.83. The van der Waals surface area contributed by atoms with Gasteiger partial charge in [-0.25, -0.2) is 4.57 Å². The van der Waals surface area contributed by atoms with E-state index in [0.717, 1.165) is 11.8 Å². The van der Waals surface area contributed by atoms with Crippen LogP contribution in [0.25, 0.3) is 6.08 Å². The quantitative estimate of drug-likeness (QED) is 0.552. The molecular formula is C10H11O3P. The highest BCUT2D eigenvalue weighted by molar-refractivity contribution is 7.33. The van der Waals surface area contributed by atoms with Gasteiger partial charge in [0.25, 0.3) is 0 Å². The summed E-state index contributed by atoms with van der Waals surface area (Å²) in [6.45, 7) is 3.27. The Bertz CT molecular complexity index is 332. The molecule has 1 unspecified atom stereocenters. The standard InChI is InChI=1S/C10H11O3P/c1-2-12-14(11)13-9-8-10-6-4-3-5-7-10/h2-9,14H,1H2. The van der Waals surface area contributed by atoms with Crippen molar-refractivity contribution >= 4 is 14.3 Å². The van der Waals surface area contributed by atoms with Crippen LogP contribution >= 0.6 is 8.25 Å². The summed E-state index contributed by atoms with van der Waals surface area (Å²) in [5.74, 6) is 0. The third-order valence-corrected chi connectivity index (χ3v) is 2.09. The summed E-state index contributed by atoms with van der Waals surface area (Å²) in [4.78, 5) is 0. The van der Waals surface area contributed by atoms with Gasteiger partial charge in [-0.05, 0) is 11.6 Å². The fraction of sp³-hybridized carbons (Fsp3) is 0. The maximum Gasteiger partial charge on any atom is 0.417 e. The molecule has 0 aliphatic heterocycles. The summed E-state index contributed by atoms with van der Waals surface area (Å²) in [6.07, 6.45) is 4.15. The zero-order valence-electron chi connectivity index (χ0n) is 7.55. The van der Waals surface area contributed by atoms with E-state index in [4.69, 9.17) is 4.52 Å². The Morgan fingerprint density at radius 2 is 1.93 bits per heavy atom. The molecule has 0 bridgehead atoms.